The van der Waals surface area contributed by atoms with E-state index in [4.69, 9.17) is 0 Å². The van der Waals surface area contributed by atoms with Crippen LogP contribution in [-0.2, 0) is 16.6 Å². The Morgan fingerprint density at radius 2 is 2.05 bits per heavy atom. The number of nitrogens with one attached hydrogen (secondary N) is 2. The molecule has 2 N–H and O–H groups in total. The Kier molecular flexibility index (Phi) is 4.62. The molecular weight excluding hydrogens is 348 g/mol. The molecule has 1 aromatic carbocycles. The molecule has 0 saturated heterocycles. The average molecular weight is 361 g/mol. The first-order valence-electron chi connectivity index (χ1n) is 5.53. The van der Waals surface area contributed by atoms with Crippen LogP contribution in [0.4, 0.5) is 5.69 Å². The van der Waals surface area contributed by atoms with Crippen LogP contribution < -0.4 is 10.0 Å². The summed E-state index contributed by atoms with van der Waals surface area (Å²) < 4.78 is 28.1. The first-order chi connectivity index (χ1) is 9.01. The van der Waals surface area contributed by atoms with Crippen molar-refractivity contribution in [1.29, 1.82) is 0 Å². The predicted molar refractivity (Wildman–Crippen MR) is 82.0 cm³/mol. The van der Waals surface area contributed by atoms with Crippen molar-refractivity contribution >= 4 is 43.0 Å². The highest BCUT2D eigenvalue weighted by Gasteiger charge is 2.16. The number of hydrogen-bond donors (Lipinski definition) is 2. The lowest BCUT2D eigenvalue weighted by molar-refractivity contribution is 0.603. The lowest BCUT2D eigenvalue weighted by Gasteiger charge is -2.06. The van der Waals surface area contributed by atoms with Crippen molar-refractivity contribution in [3.63, 3.8) is 0 Å². The second-order valence-corrected chi connectivity index (χ2v) is 7.86. The smallest absolute Gasteiger partial charge is 0.271 e. The minimum atomic E-state index is -3.51. The van der Waals surface area contributed by atoms with Crippen LogP contribution in [-0.4, -0.2) is 15.5 Å². The zero-order valence-corrected chi connectivity index (χ0v) is 13.4. The molecule has 0 aliphatic heterocycles. The molecule has 102 valence electrons. The van der Waals surface area contributed by atoms with Gasteiger partial charge in [-0.2, -0.15) is 0 Å². The van der Waals surface area contributed by atoms with E-state index in [0.29, 0.717) is 16.4 Å². The molecule has 0 bridgehead atoms. The van der Waals surface area contributed by atoms with E-state index in [2.05, 4.69) is 26.0 Å². The van der Waals surface area contributed by atoms with E-state index in [9.17, 15) is 8.42 Å². The Morgan fingerprint density at radius 1 is 1.26 bits per heavy atom. The molecule has 0 aliphatic rings. The summed E-state index contributed by atoms with van der Waals surface area (Å²) >= 11 is 4.57. The average Bonchev–Trinajstić information content (AvgIpc) is 2.78. The van der Waals surface area contributed by atoms with Crippen LogP contribution in [0.3, 0.4) is 0 Å². The van der Waals surface area contributed by atoms with Gasteiger partial charge in [0.2, 0.25) is 0 Å². The van der Waals surface area contributed by atoms with Crippen LogP contribution in [0.15, 0.2) is 45.1 Å². The van der Waals surface area contributed by atoms with E-state index in [1.807, 2.05) is 19.2 Å². The predicted octanol–water partition coefficient (Wildman–Crippen LogP) is 3.03. The molecule has 0 aliphatic carbocycles. The maximum absolute atomic E-state index is 12.2. The van der Waals surface area contributed by atoms with Gasteiger partial charge in [-0.3, -0.25) is 4.72 Å². The maximum atomic E-state index is 12.2. The molecular formula is C12H13BrN2O2S2. The van der Waals surface area contributed by atoms with E-state index < -0.39 is 10.0 Å². The summed E-state index contributed by atoms with van der Waals surface area (Å²) in [7, 11) is -1.68. The van der Waals surface area contributed by atoms with Crippen LogP contribution in [0.2, 0.25) is 0 Å². The third-order valence-corrected chi connectivity index (χ3v) is 5.78. The fraction of sp³-hybridized carbons (Fsp3) is 0.167. The zero-order valence-electron chi connectivity index (χ0n) is 10.2. The van der Waals surface area contributed by atoms with Gasteiger partial charge in [-0.05, 0) is 37.4 Å². The third kappa shape index (κ3) is 3.79. The van der Waals surface area contributed by atoms with Crippen molar-refractivity contribution in [1.82, 2.24) is 5.32 Å². The number of benzene rings is 1. The summed E-state index contributed by atoms with van der Waals surface area (Å²) in [4.78, 5) is 0.983. The van der Waals surface area contributed by atoms with Gasteiger partial charge in [-0.25, -0.2) is 8.42 Å². The second kappa shape index (κ2) is 6.04. The molecule has 0 atom stereocenters. The molecule has 0 saturated carbocycles. The van der Waals surface area contributed by atoms with Gasteiger partial charge in [0.05, 0.1) is 0 Å². The van der Waals surface area contributed by atoms with Gasteiger partial charge in [0.15, 0.2) is 0 Å². The first-order valence-corrected chi connectivity index (χ1v) is 8.62. The second-order valence-electron chi connectivity index (χ2n) is 3.87. The molecule has 0 radical (unpaired) electrons. The fourth-order valence-corrected chi connectivity index (χ4v) is 4.35. The number of sulfonamides is 1. The molecule has 7 heteroatoms. The van der Waals surface area contributed by atoms with Crippen molar-refractivity contribution in [2.45, 2.75) is 10.8 Å². The van der Waals surface area contributed by atoms with Crippen molar-refractivity contribution in [2.75, 3.05) is 11.8 Å². The minimum absolute atomic E-state index is 0.317. The molecule has 1 aromatic heterocycles. The summed E-state index contributed by atoms with van der Waals surface area (Å²) in [6, 6.07) is 10.5. The van der Waals surface area contributed by atoms with Crippen molar-refractivity contribution in [3.8, 4) is 0 Å². The van der Waals surface area contributed by atoms with Gasteiger partial charge in [0.25, 0.3) is 10.0 Å². The van der Waals surface area contributed by atoms with Crippen molar-refractivity contribution < 1.29 is 8.42 Å². The lowest BCUT2D eigenvalue weighted by Crippen LogP contribution is -2.11. The van der Waals surface area contributed by atoms with E-state index in [1.165, 1.54) is 11.3 Å². The number of thiophene rings is 1. The van der Waals surface area contributed by atoms with Crippen molar-refractivity contribution in [2.24, 2.45) is 0 Å². The van der Waals surface area contributed by atoms with Gasteiger partial charge in [-0.1, -0.05) is 22.0 Å². The Labute approximate surface area is 125 Å². The maximum Gasteiger partial charge on any atom is 0.271 e. The first kappa shape index (κ1) is 14.5. The molecule has 4 nitrogen and oxygen atoms in total. The normalized spacial score (nSPS) is 11.5. The van der Waals surface area contributed by atoms with Crippen LogP contribution in [0.5, 0.6) is 0 Å². The van der Waals surface area contributed by atoms with Crippen molar-refractivity contribution in [3.05, 3.63) is 45.7 Å². The summed E-state index contributed by atoms with van der Waals surface area (Å²) in [6.45, 7) is 0.664. The van der Waals surface area contributed by atoms with Gasteiger partial charge >= 0.3 is 0 Å². The van der Waals surface area contributed by atoms with E-state index in [1.54, 1.807) is 24.3 Å². The standard InChI is InChI=1S/C12H13BrN2O2S2/c1-14-8-11-5-6-12(18-11)19(16,17)15-10-4-2-3-9(13)7-10/h2-7,14-15H,8H2,1H3. The molecule has 0 fully saturated rings. The number of halogens is 1. The highest BCUT2D eigenvalue weighted by Crippen LogP contribution is 2.25. The van der Waals surface area contributed by atoms with E-state index >= 15 is 0 Å². The van der Waals surface area contributed by atoms with Gasteiger partial charge in [-0.15, -0.1) is 11.3 Å². The van der Waals surface area contributed by atoms with Gasteiger partial charge in [0.1, 0.15) is 4.21 Å². The van der Waals surface area contributed by atoms with E-state index in [0.717, 1.165) is 9.35 Å². The lowest BCUT2D eigenvalue weighted by atomic mass is 10.3. The highest BCUT2D eigenvalue weighted by molar-refractivity contribution is 9.10. The molecule has 2 aromatic rings. The summed E-state index contributed by atoms with van der Waals surface area (Å²) in [5, 5.41) is 2.99. The van der Waals surface area contributed by atoms with E-state index in [-0.39, 0.29) is 0 Å². The van der Waals surface area contributed by atoms with Crippen LogP contribution in [0, 0.1) is 0 Å². The van der Waals surface area contributed by atoms with Gasteiger partial charge < -0.3 is 5.32 Å². The SMILES string of the molecule is CNCc1ccc(S(=O)(=O)Nc2cccc(Br)c2)s1. The molecule has 19 heavy (non-hydrogen) atoms. The molecule has 0 amide bonds. The Balaban J connectivity index is 2.22. The molecule has 0 unspecified atom stereocenters. The Bertz CT molecular complexity index is 668. The minimum Gasteiger partial charge on any atom is -0.315 e. The molecule has 0 spiro atoms. The van der Waals surface area contributed by atoms with Crippen LogP contribution in [0.25, 0.3) is 0 Å². The number of hydrogen-bond acceptors (Lipinski definition) is 4. The zero-order chi connectivity index (χ0) is 13.9. The summed E-state index contributed by atoms with van der Waals surface area (Å²) in [5.74, 6) is 0. The Morgan fingerprint density at radius 3 is 2.74 bits per heavy atom. The van der Waals surface area contributed by atoms with Gasteiger partial charge in [0, 0.05) is 21.6 Å². The third-order valence-electron chi connectivity index (χ3n) is 2.33. The summed E-state index contributed by atoms with van der Waals surface area (Å²) in [6.07, 6.45) is 0. The largest absolute Gasteiger partial charge is 0.315 e. The van der Waals surface area contributed by atoms with Crippen LogP contribution in [0.1, 0.15) is 4.88 Å². The molecule has 1 heterocycles. The topological polar surface area (TPSA) is 58.2 Å². The summed E-state index contributed by atoms with van der Waals surface area (Å²) in [5.41, 5.74) is 0.540. The fourth-order valence-electron chi connectivity index (χ4n) is 1.53. The highest BCUT2D eigenvalue weighted by atomic mass is 79.9. The molecule has 2 rings (SSSR count). The number of anilines is 1. The quantitative estimate of drug-likeness (QED) is 0.861. The Hall–Kier alpha value is -0.890. The van der Waals surface area contributed by atoms with Crippen LogP contribution >= 0.6 is 27.3 Å². The monoisotopic (exact) mass is 360 g/mol. The number of rotatable bonds is 5.